The van der Waals surface area contributed by atoms with Gasteiger partial charge in [-0.1, -0.05) is 18.2 Å². The van der Waals surface area contributed by atoms with E-state index in [1.165, 1.54) is 12.4 Å². The maximum atomic E-state index is 13.8. The van der Waals surface area contributed by atoms with E-state index in [0.29, 0.717) is 34.9 Å². The number of nitrogens with two attached hydrogens (primary N) is 1. The summed E-state index contributed by atoms with van der Waals surface area (Å²) >= 11 is 1.64. The molecule has 2 aromatic carbocycles. The predicted molar refractivity (Wildman–Crippen MR) is 140 cm³/mol. The Hall–Kier alpha value is -4.31. The number of halogens is 1. The number of anilines is 2. The van der Waals surface area contributed by atoms with Gasteiger partial charge in [0.2, 0.25) is 0 Å². The van der Waals surface area contributed by atoms with E-state index in [0.717, 1.165) is 26.2 Å². The van der Waals surface area contributed by atoms with Crippen molar-refractivity contribution < 1.29 is 9.18 Å². The van der Waals surface area contributed by atoms with Gasteiger partial charge in [0.15, 0.2) is 5.82 Å². The number of amides is 1. The minimum atomic E-state index is -0.290. The monoisotopic (exact) mass is 501 g/mol. The predicted octanol–water partition coefficient (Wildman–Crippen LogP) is 4.66. The summed E-state index contributed by atoms with van der Waals surface area (Å²) in [5.74, 6) is 0.361. The molecule has 5 rings (SSSR count). The van der Waals surface area contributed by atoms with Crippen LogP contribution in [0, 0.1) is 12.7 Å². The molecule has 182 valence electrons. The Balaban J connectivity index is 1.26. The summed E-state index contributed by atoms with van der Waals surface area (Å²) < 4.78 is 15.4. The lowest BCUT2D eigenvalue weighted by atomic mass is 10.1. The van der Waals surface area contributed by atoms with E-state index in [9.17, 15) is 9.18 Å². The Morgan fingerprint density at radius 2 is 1.97 bits per heavy atom. The summed E-state index contributed by atoms with van der Waals surface area (Å²) in [6.45, 7) is 2.43. The summed E-state index contributed by atoms with van der Waals surface area (Å²) in [7, 11) is 1.76. The van der Waals surface area contributed by atoms with E-state index in [4.69, 9.17) is 5.73 Å². The van der Waals surface area contributed by atoms with Crippen LogP contribution in [-0.4, -0.2) is 25.7 Å². The molecule has 1 amide bonds. The molecule has 36 heavy (non-hydrogen) atoms. The highest BCUT2D eigenvalue weighted by atomic mass is 32.1. The number of nitrogen functional groups attached to an aromatic ring is 1. The van der Waals surface area contributed by atoms with Crippen LogP contribution < -0.4 is 16.4 Å². The van der Waals surface area contributed by atoms with Crippen molar-refractivity contribution in [2.24, 2.45) is 7.05 Å². The molecule has 5 aromatic rings. The molecule has 8 nitrogen and oxygen atoms in total. The van der Waals surface area contributed by atoms with Gasteiger partial charge in [0.1, 0.15) is 23.5 Å². The molecule has 0 bridgehead atoms. The topological polar surface area (TPSA) is 111 Å². The van der Waals surface area contributed by atoms with Gasteiger partial charge in [0.05, 0.1) is 12.1 Å². The normalized spacial score (nSPS) is 11.1. The van der Waals surface area contributed by atoms with Crippen LogP contribution in [0.15, 0.2) is 61.1 Å². The SMILES string of the molecule is Cc1ccc(CNC(=O)c2cn(C)nc2NCc2ccc(-c3ccc4ncnc(N)c4c3)s2)cc1F. The molecule has 0 aliphatic rings. The van der Waals surface area contributed by atoms with Crippen molar-refractivity contribution in [3.8, 4) is 10.4 Å². The highest BCUT2D eigenvalue weighted by Gasteiger charge is 2.16. The molecule has 0 fully saturated rings. The van der Waals surface area contributed by atoms with Crippen molar-refractivity contribution in [3.63, 3.8) is 0 Å². The van der Waals surface area contributed by atoms with Gasteiger partial charge in [0, 0.05) is 34.9 Å². The summed E-state index contributed by atoms with van der Waals surface area (Å²) in [5.41, 5.74) is 9.53. The zero-order valence-electron chi connectivity index (χ0n) is 19.7. The van der Waals surface area contributed by atoms with Crippen LogP contribution in [0.1, 0.15) is 26.4 Å². The molecular weight excluding hydrogens is 477 g/mol. The Kier molecular flexibility index (Phi) is 6.34. The first-order valence-electron chi connectivity index (χ1n) is 11.3. The molecule has 0 spiro atoms. The van der Waals surface area contributed by atoms with Gasteiger partial charge in [0.25, 0.3) is 5.91 Å². The van der Waals surface area contributed by atoms with E-state index in [2.05, 4.69) is 31.8 Å². The van der Waals surface area contributed by atoms with E-state index in [1.807, 2.05) is 24.3 Å². The van der Waals surface area contributed by atoms with Gasteiger partial charge in [-0.3, -0.25) is 9.48 Å². The Labute approximate surface area is 211 Å². The highest BCUT2D eigenvalue weighted by Crippen LogP contribution is 2.31. The van der Waals surface area contributed by atoms with Crippen LogP contribution >= 0.6 is 11.3 Å². The first kappa shape index (κ1) is 23.4. The Morgan fingerprint density at radius 1 is 1.11 bits per heavy atom. The van der Waals surface area contributed by atoms with Crippen LogP contribution in [0.2, 0.25) is 0 Å². The molecule has 0 saturated heterocycles. The van der Waals surface area contributed by atoms with E-state index in [-0.39, 0.29) is 18.3 Å². The fraction of sp³-hybridized carbons (Fsp3) is 0.154. The molecule has 0 aliphatic carbocycles. The van der Waals surface area contributed by atoms with E-state index in [1.54, 1.807) is 48.3 Å². The van der Waals surface area contributed by atoms with E-state index >= 15 is 0 Å². The molecule has 0 saturated carbocycles. The summed E-state index contributed by atoms with van der Waals surface area (Å²) in [6, 6.07) is 15.0. The Morgan fingerprint density at radius 3 is 2.81 bits per heavy atom. The smallest absolute Gasteiger partial charge is 0.256 e. The van der Waals surface area contributed by atoms with Gasteiger partial charge >= 0.3 is 0 Å². The first-order valence-corrected chi connectivity index (χ1v) is 12.1. The average molecular weight is 502 g/mol. The lowest BCUT2D eigenvalue weighted by Crippen LogP contribution is -2.23. The average Bonchev–Trinajstić information content (AvgIpc) is 3.50. The highest BCUT2D eigenvalue weighted by molar-refractivity contribution is 7.15. The molecule has 0 aliphatic heterocycles. The van der Waals surface area contributed by atoms with Crippen molar-refractivity contribution >= 4 is 39.8 Å². The number of benzene rings is 2. The third kappa shape index (κ3) is 4.89. The number of thiophene rings is 1. The largest absolute Gasteiger partial charge is 0.383 e. The molecule has 4 N–H and O–H groups in total. The Bertz CT molecular complexity index is 1580. The number of rotatable bonds is 7. The molecular formula is C26H24FN7OS. The van der Waals surface area contributed by atoms with Crippen LogP contribution in [0.5, 0.6) is 0 Å². The lowest BCUT2D eigenvalue weighted by Gasteiger charge is -2.07. The number of fused-ring (bicyclic) bond motifs is 1. The second-order valence-corrected chi connectivity index (χ2v) is 9.61. The first-order chi connectivity index (χ1) is 17.4. The number of aryl methyl sites for hydroxylation is 2. The van der Waals surface area contributed by atoms with Crippen molar-refractivity contribution in [1.82, 2.24) is 25.1 Å². The maximum Gasteiger partial charge on any atom is 0.256 e. The van der Waals surface area contributed by atoms with Gasteiger partial charge in [-0.25, -0.2) is 14.4 Å². The van der Waals surface area contributed by atoms with Gasteiger partial charge in [-0.15, -0.1) is 11.3 Å². The minimum Gasteiger partial charge on any atom is -0.383 e. The maximum absolute atomic E-state index is 13.8. The zero-order valence-corrected chi connectivity index (χ0v) is 20.6. The number of nitrogens with one attached hydrogen (secondary N) is 2. The van der Waals surface area contributed by atoms with Crippen LogP contribution in [0.4, 0.5) is 16.0 Å². The second-order valence-electron chi connectivity index (χ2n) is 8.44. The molecule has 10 heteroatoms. The van der Waals surface area contributed by atoms with Crippen molar-refractivity contribution in [1.29, 1.82) is 0 Å². The molecule has 3 heterocycles. The van der Waals surface area contributed by atoms with Gasteiger partial charge < -0.3 is 16.4 Å². The van der Waals surface area contributed by atoms with Crippen molar-refractivity contribution in [2.75, 3.05) is 11.1 Å². The summed E-state index contributed by atoms with van der Waals surface area (Å²) in [5, 5.41) is 11.3. The van der Waals surface area contributed by atoms with E-state index < -0.39 is 0 Å². The minimum absolute atomic E-state index is 0.222. The molecule has 3 aromatic heterocycles. The molecule has 0 radical (unpaired) electrons. The summed E-state index contributed by atoms with van der Waals surface area (Å²) in [6.07, 6.45) is 3.12. The van der Waals surface area contributed by atoms with Crippen LogP contribution in [0.25, 0.3) is 21.3 Å². The number of hydrogen-bond acceptors (Lipinski definition) is 7. The van der Waals surface area contributed by atoms with Crippen molar-refractivity contribution in [3.05, 3.63) is 88.4 Å². The number of hydrogen-bond donors (Lipinski definition) is 3. The second kappa shape index (κ2) is 9.74. The number of aromatic nitrogens is 4. The molecule has 0 atom stereocenters. The van der Waals surface area contributed by atoms with Gasteiger partial charge in [-0.2, -0.15) is 5.10 Å². The van der Waals surface area contributed by atoms with Gasteiger partial charge in [-0.05, 0) is 53.9 Å². The third-order valence-corrected chi connectivity index (χ3v) is 6.94. The number of nitrogens with zero attached hydrogens (tertiary/aromatic N) is 4. The zero-order chi connectivity index (χ0) is 25.2. The van der Waals surface area contributed by atoms with Crippen molar-refractivity contribution in [2.45, 2.75) is 20.0 Å². The lowest BCUT2D eigenvalue weighted by molar-refractivity contribution is 0.0951. The number of carbonyl (C=O) groups excluding carboxylic acids is 1. The van der Waals surface area contributed by atoms with Crippen LogP contribution in [-0.2, 0) is 20.1 Å². The standard InChI is InChI=1S/C26H24FN7OS/c1-15-3-4-16(9-21(15)27)11-30-26(35)20-13-34(2)33-25(20)29-12-18-6-8-23(36-18)17-5-7-22-19(10-17)24(28)32-14-31-22/h3-10,13-14H,11-12H2,1-2H3,(H,29,33)(H,30,35)(H2,28,31,32). The fourth-order valence-electron chi connectivity index (χ4n) is 3.84. The third-order valence-electron chi connectivity index (χ3n) is 5.81. The van der Waals surface area contributed by atoms with Crippen LogP contribution in [0.3, 0.4) is 0 Å². The quantitative estimate of drug-likeness (QED) is 0.299. The fourth-order valence-corrected chi connectivity index (χ4v) is 4.78. The number of carbonyl (C=O) groups is 1. The summed E-state index contributed by atoms with van der Waals surface area (Å²) in [4.78, 5) is 23.3. The molecule has 0 unspecified atom stereocenters.